The summed E-state index contributed by atoms with van der Waals surface area (Å²) in [5.41, 5.74) is 0. The minimum atomic E-state index is -0.972. The number of nitrogens with zero attached hydrogens (tertiary/aromatic N) is 1. The molecule has 11 heavy (non-hydrogen) atoms. The zero-order valence-electron chi connectivity index (χ0n) is 7.37. The lowest BCUT2D eigenvalue weighted by atomic mass is 10.1. The summed E-state index contributed by atoms with van der Waals surface area (Å²) in [4.78, 5) is 15.7. The van der Waals surface area contributed by atoms with Crippen molar-refractivity contribution in [1.29, 1.82) is 0 Å². The van der Waals surface area contributed by atoms with E-state index < -0.39 is 12.0 Å². The molecule has 0 heterocycles. The first-order valence-electron chi connectivity index (χ1n) is 3.50. The highest BCUT2D eigenvalue weighted by atomic mass is 16.7. The van der Waals surface area contributed by atoms with Crippen molar-refractivity contribution in [3.8, 4) is 0 Å². The molecule has 0 saturated heterocycles. The van der Waals surface area contributed by atoms with Crippen molar-refractivity contribution < 1.29 is 14.7 Å². The highest BCUT2D eigenvalue weighted by Gasteiger charge is 2.22. The summed E-state index contributed by atoms with van der Waals surface area (Å²) in [6.07, 6.45) is -0.972. The number of rotatable bonds is 3. The summed E-state index contributed by atoms with van der Waals surface area (Å²) in [6, 6.07) is 0. The van der Waals surface area contributed by atoms with Gasteiger partial charge in [-0.05, 0) is 5.92 Å². The van der Waals surface area contributed by atoms with Crippen LogP contribution in [-0.2, 0) is 9.63 Å². The SMILES string of the molecule is CON(C)C(=O)[C@@H](O)C(C)C. The van der Waals surface area contributed by atoms with Crippen molar-refractivity contribution in [2.75, 3.05) is 14.2 Å². The standard InChI is InChI=1S/C7H15NO3/c1-5(2)6(9)7(10)8(3)11-4/h5-6,9H,1-4H3/t6-/m0/s1. The second kappa shape index (κ2) is 4.31. The topological polar surface area (TPSA) is 49.8 Å². The molecule has 1 N–H and O–H groups in total. The van der Waals surface area contributed by atoms with Crippen LogP contribution in [0.4, 0.5) is 0 Å². The number of aliphatic hydroxyl groups excluding tert-OH is 1. The Bertz CT molecular complexity index is 136. The highest BCUT2D eigenvalue weighted by molar-refractivity contribution is 5.79. The van der Waals surface area contributed by atoms with Crippen LogP contribution in [0.25, 0.3) is 0 Å². The molecule has 0 radical (unpaired) electrons. The Balaban J connectivity index is 4.02. The lowest BCUT2D eigenvalue weighted by Crippen LogP contribution is -2.38. The minimum Gasteiger partial charge on any atom is -0.383 e. The van der Waals surface area contributed by atoms with Crippen molar-refractivity contribution in [3.63, 3.8) is 0 Å². The molecule has 1 atom stereocenters. The Morgan fingerprint density at radius 2 is 2.00 bits per heavy atom. The van der Waals surface area contributed by atoms with E-state index in [1.165, 1.54) is 14.2 Å². The predicted octanol–water partition coefficient (Wildman–Crippen LogP) is 0.0231. The third-order valence-corrected chi connectivity index (χ3v) is 1.47. The van der Waals surface area contributed by atoms with Crippen LogP contribution in [-0.4, -0.2) is 36.3 Å². The molecule has 0 aromatic rings. The van der Waals surface area contributed by atoms with Crippen molar-refractivity contribution in [2.45, 2.75) is 20.0 Å². The van der Waals surface area contributed by atoms with Crippen LogP contribution < -0.4 is 0 Å². The molecular formula is C7H15NO3. The zero-order chi connectivity index (χ0) is 9.02. The minimum absolute atomic E-state index is 0.0832. The largest absolute Gasteiger partial charge is 0.383 e. The molecule has 4 nitrogen and oxygen atoms in total. The maximum atomic E-state index is 11.1. The molecular weight excluding hydrogens is 146 g/mol. The molecule has 0 unspecified atom stereocenters. The fourth-order valence-electron chi connectivity index (χ4n) is 0.561. The number of carbonyl (C=O) groups excluding carboxylic acids is 1. The normalized spacial score (nSPS) is 13.3. The molecule has 0 aliphatic rings. The van der Waals surface area contributed by atoms with Gasteiger partial charge in [0.2, 0.25) is 0 Å². The molecule has 0 bridgehead atoms. The molecule has 0 rings (SSSR count). The molecule has 4 heteroatoms. The van der Waals surface area contributed by atoms with Crippen molar-refractivity contribution >= 4 is 5.91 Å². The van der Waals surface area contributed by atoms with E-state index in [0.717, 1.165) is 5.06 Å². The van der Waals surface area contributed by atoms with Crippen molar-refractivity contribution in [2.24, 2.45) is 5.92 Å². The van der Waals surface area contributed by atoms with E-state index in [2.05, 4.69) is 4.84 Å². The second-order valence-corrected chi connectivity index (χ2v) is 2.71. The van der Waals surface area contributed by atoms with Gasteiger partial charge in [-0.1, -0.05) is 13.8 Å². The van der Waals surface area contributed by atoms with Gasteiger partial charge in [0.05, 0.1) is 7.11 Å². The fourth-order valence-corrected chi connectivity index (χ4v) is 0.561. The number of amides is 1. The quantitative estimate of drug-likeness (QED) is 0.594. The van der Waals surface area contributed by atoms with Gasteiger partial charge < -0.3 is 5.11 Å². The van der Waals surface area contributed by atoms with Crippen LogP contribution in [0.15, 0.2) is 0 Å². The zero-order valence-corrected chi connectivity index (χ0v) is 7.37. The summed E-state index contributed by atoms with van der Waals surface area (Å²) in [5.74, 6) is -0.498. The van der Waals surface area contributed by atoms with Crippen molar-refractivity contribution in [3.05, 3.63) is 0 Å². The average Bonchev–Trinajstić information content (AvgIpc) is 2.00. The third-order valence-electron chi connectivity index (χ3n) is 1.47. The van der Waals surface area contributed by atoms with E-state index >= 15 is 0 Å². The van der Waals surface area contributed by atoms with Crippen LogP contribution in [0.1, 0.15) is 13.8 Å². The summed E-state index contributed by atoms with van der Waals surface area (Å²) in [7, 11) is 2.85. The predicted molar refractivity (Wildman–Crippen MR) is 40.6 cm³/mol. The fraction of sp³-hybridized carbons (Fsp3) is 0.857. The first kappa shape index (κ1) is 10.4. The molecule has 1 amide bonds. The molecule has 0 aliphatic heterocycles. The number of likely N-dealkylation sites (N-methyl/N-ethyl adjacent to an activating group) is 1. The number of carbonyl (C=O) groups is 1. The van der Waals surface area contributed by atoms with Crippen molar-refractivity contribution in [1.82, 2.24) is 5.06 Å². The van der Waals surface area contributed by atoms with Gasteiger partial charge in [0.25, 0.3) is 5.91 Å². The van der Waals surface area contributed by atoms with Crippen LogP contribution in [0.3, 0.4) is 0 Å². The maximum absolute atomic E-state index is 11.1. The van der Waals surface area contributed by atoms with Crippen LogP contribution in [0.2, 0.25) is 0 Å². The van der Waals surface area contributed by atoms with Crippen LogP contribution >= 0.6 is 0 Å². The van der Waals surface area contributed by atoms with Crippen LogP contribution in [0.5, 0.6) is 0 Å². The van der Waals surface area contributed by atoms with Gasteiger partial charge in [-0.2, -0.15) is 0 Å². The van der Waals surface area contributed by atoms with E-state index in [0.29, 0.717) is 0 Å². The monoisotopic (exact) mass is 161 g/mol. The lowest BCUT2D eigenvalue weighted by molar-refractivity contribution is -0.179. The molecule has 0 aliphatic carbocycles. The van der Waals surface area contributed by atoms with Gasteiger partial charge in [-0.15, -0.1) is 0 Å². The molecule has 0 aromatic heterocycles. The van der Waals surface area contributed by atoms with Gasteiger partial charge in [0, 0.05) is 7.05 Å². The average molecular weight is 161 g/mol. The maximum Gasteiger partial charge on any atom is 0.274 e. The Morgan fingerprint density at radius 3 is 2.27 bits per heavy atom. The Hall–Kier alpha value is -0.610. The Kier molecular flexibility index (Phi) is 4.07. The van der Waals surface area contributed by atoms with Gasteiger partial charge in [-0.3, -0.25) is 9.63 Å². The highest BCUT2D eigenvalue weighted by Crippen LogP contribution is 2.03. The van der Waals surface area contributed by atoms with E-state index in [9.17, 15) is 9.90 Å². The molecule has 66 valence electrons. The first-order chi connectivity index (χ1) is 5.00. The van der Waals surface area contributed by atoms with Gasteiger partial charge >= 0.3 is 0 Å². The summed E-state index contributed by atoms with van der Waals surface area (Å²) in [6.45, 7) is 3.54. The summed E-state index contributed by atoms with van der Waals surface area (Å²) >= 11 is 0. The Morgan fingerprint density at radius 1 is 1.55 bits per heavy atom. The number of hydroxylamine groups is 2. The number of hydrogen-bond donors (Lipinski definition) is 1. The molecule has 0 spiro atoms. The number of hydrogen-bond acceptors (Lipinski definition) is 3. The van der Waals surface area contributed by atoms with E-state index in [-0.39, 0.29) is 5.92 Å². The molecule has 0 aromatic carbocycles. The van der Waals surface area contributed by atoms with Gasteiger partial charge in [0.15, 0.2) is 0 Å². The summed E-state index contributed by atoms with van der Waals surface area (Å²) in [5, 5.41) is 10.2. The second-order valence-electron chi connectivity index (χ2n) is 2.71. The van der Waals surface area contributed by atoms with E-state index in [1.807, 2.05) is 0 Å². The lowest BCUT2D eigenvalue weighted by Gasteiger charge is -2.19. The molecule has 0 saturated carbocycles. The Labute approximate surface area is 66.7 Å². The summed E-state index contributed by atoms with van der Waals surface area (Å²) < 4.78 is 0. The number of aliphatic hydroxyl groups is 1. The van der Waals surface area contributed by atoms with E-state index in [4.69, 9.17) is 0 Å². The van der Waals surface area contributed by atoms with E-state index in [1.54, 1.807) is 13.8 Å². The third kappa shape index (κ3) is 2.86. The molecule has 0 fully saturated rings. The van der Waals surface area contributed by atoms with Gasteiger partial charge in [-0.25, -0.2) is 5.06 Å². The first-order valence-corrected chi connectivity index (χ1v) is 3.50. The van der Waals surface area contributed by atoms with Crippen LogP contribution in [0, 0.1) is 5.92 Å². The smallest absolute Gasteiger partial charge is 0.274 e. The van der Waals surface area contributed by atoms with Gasteiger partial charge in [0.1, 0.15) is 6.10 Å².